The van der Waals surface area contributed by atoms with Gasteiger partial charge in [-0.05, 0) is 41.5 Å². The van der Waals surface area contributed by atoms with Crippen LogP contribution in [0.25, 0.3) is 10.8 Å². The number of fused-ring (bicyclic) bond motifs is 1. The van der Waals surface area contributed by atoms with Crippen LogP contribution in [-0.4, -0.2) is 20.1 Å². The van der Waals surface area contributed by atoms with Crippen molar-refractivity contribution in [1.82, 2.24) is 5.32 Å². The predicted octanol–water partition coefficient (Wildman–Crippen LogP) is 3.49. The van der Waals surface area contributed by atoms with Gasteiger partial charge in [-0.2, -0.15) is 0 Å². The molecule has 0 heterocycles. The Morgan fingerprint density at radius 2 is 1.56 bits per heavy atom. The molecule has 3 rings (SSSR count). The second kappa shape index (κ2) is 7.07. The van der Waals surface area contributed by atoms with Crippen molar-refractivity contribution in [3.8, 4) is 0 Å². The van der Waals surface area contributed by atoms with Crippen molar-refractivity contribution in [2.75, 3.05) is 5.75 Å². The predicted molar refractivity (Wildman–Crippen MR) is 99.0 cm³/mol. The molecule has 0 saturated heterocycles. The highest BCUT2D eigenvalue weighted by molar-refractivity contribution is 7.92. The number of amides is 1. The summed E-state index contributed by atoms with van der Waals surface area (Å²) in [5.41, 5.74) is 0.934. The minimum Gasteiger partial charge on any atom is -0.349 e. The smallest absolute Gasteiger partial charge is 0.236 e. The number of carbonyl (C=O) groups is 1. The lowest BCUT2D eigenvalue weighted by Crippen LogP contribution is -2.32. The first kappa shape index (κ1) is 17.2. The Bertz CT molecular complexity index is 998. The summed E-state index contributed by atoms with van der Waals surface area (Å²) < 4.78 is 24.5. The van der Waals surface area contributed by atoms with Crippen molar-refractivity contribution in [3.05, 3.63) is 78.4 Å². The Balaban J connectivity index is 1.71. The van der Waals surface area contributed by atoms with Gasteiger partial charge in [0, 0.05) is 0 Å². The highest BCUT2D eigenvalue weighted by Crippen LogP contribution is 2.20. The summed E-state index contributed by atoms with van der Waals surface area (Å²) in [5, 5.41) is 4.97. The molecule has 1 N–H and O–H groups in total. The van der Waals surface area contributed by atoms with Gasteiger partial charge in [-0.1, -0.05) is 54.6 Å². The average molecular weight is 353 g/mol. The van der Waals surface area contributed by atoms with E-state index in [1.807, 2.05) is 49.4 Å². The number of nitrogens with one attached hydrogen (secondary N) is 1. The summed E-state index contributed by atoms with van der Waals surface area (Å²) >= 11 is 0. The molecule has 0 aromatic heterocycles. The quantitative estimate of drug-likeness (QED) is 0.764. The number of sulfone groups is 1. The van der Waals surface area contributed by atoms with E-state index in [2.05, 4.69) is 5.32 Å². The highest BCUT2D eigenvalue weighted by atomic mass is 32.2. The molecule has 3 aromatic carbocycles. The topological polar surface area (TPSA) is 63.2 Å². The van der Waals surface area contributed by atoms with Gasteiger partial charge in [0.15, 0.2) is 9.84 Å². The first-order valence-corrected chi connectivity index (χ1v) is 9.67. The fourth-order valence-electron chi connectivity index (χ4n) is 2.73. The van der Waals surface area contributed by atoms with Crippen LogP contribution in [0.4, 0.5) is 0 Å². The molecule has 0 saturated carbocycles. The van der Waals surface area contributed by atoms with Crippen molar-refractivity contribution in [2.45, 2.75) is 17.9 Å². The molecule has 0 radical (unpaired) electrons. The van der Waals surface area contributed by atoms with E-state index in [0.717, 1.165) is 16.3 Å². The maximum atomic E-state index is 12.3. The molecule has 1 unspecified atom stereocenters. The Labute approximate surface area is 147 Å². The van der Waals surface area contributed by atoms with E-state index in [1.54, 1.807) is 18.2 Å². The second-order valence-electron chi connectivity index (χ2n) is 5.97. The van der Waals surface area contributed by atoms with Crippen molar-refractivity contribution in [1.29, 1.82) is 0 Å². The zero-order valence-corrected chi connectivity index (χ0v) is 14.7. The molecule has 0 aliphatic carbocycles. The number of rotatable bonds is 5. The van der Waals surface area contributed by atoms with Crippen LogP contribution >= 0.6 is 0 Å². The van der Waals surface area contributed by atoms with Crippen LogP contribution in [0.2, 0.25) is 0 Å². The van der Waals surface area contributed by atoms with Gasteiger partial charge >= 0.3 is 0 Å². The lowest BCUT2D eigenvalue weighted by Gasteiger charge is -2.15. The van der Waals surface area contributed by atoms with Gasteiger partial charge in [0.05, 0.1) is 10.9 Å². The molecule has 0 fully saturated rings. The van der Waals surface area contributed by atoms with E-state index in [4.69, 9.17) is 0 Å². The van der Waals surface area contributed by atoms with Crippen molar-refractivity contribution >= 4 is 26.5 Å². The summed E-state index contributed by atoms with van der Waals surface area (Å²) in [4.78, 5) is 12.3. The van der Waals surface area contributed by atoms with E-state index < -0.39 is 21.5 Å². The molecule has 0 bridgehead atoms. The Kier molecular flexibility index (Phi) is 4.86. The summed E-state index contributed by atoms with van der Waals surface area (Å²) in [6.45, 7) is 1.84. The van der Waals surface area contributed by atoms with Crippen LogP contribution in [0.5, 0.6) is 0 Å². The van der Waals surface area contributed by atoms with E-state index in [0.29, 0.717) is 0 Å². The van der Waals surface area contributed by atoms with Gasteiger partial charge in [-0.25, -0.2) is 8.42 Å². The normalized spacial score (nSPS) is 12.7. The van der Waals surface area contributed by atoms with Crippen LogP contribution in [0, 0.1) is 0 Å². The standard InChI is InChI=1S/C20H19NO3S/c1-15(17-12-11-16-7-5-6-8-18(16)13-17)21-20(22)14-25(23,24)19-9-3-2-4-10-19/h2-13,15H,14H2,1H3,(H,21,22). The maximum Gasteiger partial charge on any atom is 0.236 e. The fourth-order valence-corrected chi connectivity index (χ4v) is 3.89. The summed E-state index contributed by atoms with van der Waals surface area (Å²) in [5.74, 6) is -1.07. The van der Waals surface area contributed by atoms with Gasteiger partial charge in [-0.3, -0.25) is 4.79 Å². The number of hydrogen-bond acceptors (Lipinski definition) is 3. The minimum atomic E-state index is -3.63. The average Bonchev–Trinajstić information content (AvgIpc) is 2.61. The number of hydrogen-bond donors (Lipinski definition) is 1. The molecule has 3 aromatic rings. The SMILES string of the molecule is CC(NC(=O)CS(=O)(=O)c1ccccc1)c1ccc2ccccc2c1. The highest BCUT2D eigenvalue weighted by Gasteiger charge is 2.20. The van der Waals surface area contributed by atoms with Gasteiger partial charge in [-0.15, -0.1) is 0 Å². The van der Waals surface area contributed by atoms with Crippen molar-refractivity contribution in [2.24, 2.45) is 0 Å². The maximum absolute atomic E-state index is 12.3. The van der Waals surface area contributed by atoms with Crippen LogP contribution in [0.15, 0.2) is 77.7 Å². The number of benzene rings is 3. The van der Waals surface area contributed by atoms with Gasteiger partial charge in [0.1, 0.15) is 5.75 Å². The van der Waals surface area contributed by atoms with Gasteiger partial charge in [0.2, 0.25) is 5.91 Å². The third kappa shape index (κ3) is 4.06. The Morgan fingerprint density at radius 3 is 2.28 bits per heavy atom. The molecule has 4 nitrogen and oxygen atoms in total. The minimum absolute atomic E-state index is 0.156. The molecule has 5 heteroatoms. The molecule has 1 amide bonds. The zero-order valence-electron chi connectivity index (χ0n) is 13.8. The lowest BCUT2D eigenvalue weighted by atomic mass is 10.0. The number of carbonyl (C=O) groups excluding carboxylic acids is 1. The molecular formula is C20H19NO3S. The van der Waals surface area contributed by atoms with Crippen molar-refractivity contribution in [3.63, 3.8) is 0 Å². The summed E-state index contributed by atoms with van der Waals surface area (Å²) in [6, 6.07) is 21.6. The van der Waals surface area contributed by atoms with Crippen LogP contribution in [-0.2, 0) is 14.6 Å². The van der Waals surface area contributed by atoms with E-state index in [1.165, 1.54) is 12.1 Å². The van der Waals surface area contributed by atoms with Gasteiger partial charge in [0.25, 0.3) is 0 Å². The third-order valence-electron chi connectivity index (χ3n) is 4.07. The van der Waals surface area contributed by atoms with E-state index in [-0.39, 0.29) is 10.9 Å². The Hall–Kier alpha value is -2.66. The molecule has 1 atom stereocenters. The zero-order chi connectivity index (χ0) is 17.9. The lowest BCUT2D eigenvalue weighted by molar-refractivity contribution is -0.119. The molecular weight excluding hydrogens is 334 g/mol. The van der Waals surface area contributed by atoms with Crippen LogP contribution in [0.3, 0.4) is 0 Å². The summed E-state index contributed by atoms with van der Waals surface area (Å²) in [7, 11) is -3.63. The first-order valence-electron chi connectivity index (χ1n) is 8.01. The molecule has 0 aliphatic rings. The monoisotopic (exact) mass is 353 g/mol. The second-order valence-corrected chi connectivity index (χ2v) is 7.96. The van der Waals surface area contributed by atoms with E-state index >= 15 is 0 Å². The van der Waals surface area contributed by atoms with Crippen LogP contribution < -0.4 is 5.32 Å². The first-order chi connectivity index (χ1) is 12.0. The summed E-state index contributed by atoms with van der Waals surface area (Å²) in [6.07, 6.45) is 0. The van der Waals surface area contributed by atoms with Gasteiger partial charge < -0.3 is 5.32 Å². The van der Waals surface area contributed by atoms with Crippen LogP contribution in [0.1, 0.15) is 18.5 Å². The Morgan fingerprint density at radius 1 is 0.920 bits per heavy atom. The fraction of sp³-hybridized carbons (Fsp3) is 0.150. The molecule has 25 heavy (non-hydrogen) atoms. The molecule has 0 spiro atoms. The van der Waals surface area contributed by atoms with E-state index in [9.17, 15) is 13.2 Å². The largest absolute Gasteiger partial charge is 0.349 e. The third-order valence-corrected chi connectivity index (χ3v) is 5.71. The molecule has 0 aliphatic heterocycles. The molecule has 128 valence electrons. The van der Waals surface area contributed by atoms with Crippen molar-refractivity contribution < 1.29 is 13.2 Å².